The minimum absolute atomic E-state index is 0.179. The van der Waals surface area contributed by atoms with E-state index in [1.165, 1.54) is 0 Å². The zero-order valence-electron chi connectivity index (χ0n) is 12.7. The summed E-state index contributed by atoms with van der Waals surface area (Å²) in [5.74, 6) is 1.60. The third kappa shape index (κ3) is 4.50. The fourth-order valence-corrected chi connectivity index (χ4v) is 2.20. The van der Waals surface area contributed by atoms with E-state index >= 15 is 0 Å². The molecule has 0 fully saturated rings. The summed E-state index contributed by atoms with van der Waals surface area (Å²) < 4.78 is 11.4. The number of methoxy groups -OCH3 is 1. The van der Waals surface area contributed by atoms with Crippen LogP contribution >= 0.6 is 0 Å². The number of benzene rings is 2. The van der Waals surface area contributed by atoms with Crippen molar-refractivity contribution in [3.63, 3.8) is 0 Å². The van der Waals surface area contributed by atoms with Crippen molar-refractivity contribution in [3.8, 4) is 11.5 Å². The Morgan fingerprint density at radius 3 is 2.48 bits per heavy atom. The van der Waals surface area contributed by atoms with Crippen LogP contribution in [0.3, 0.4) is 0 Å². The van der Waals surface area contributed by atoms with Crippen LogP contribution in [0.1, 0.15) is 24.5 Å². The molecule has 1 unspecified atom stereocenters. The molecule has 0 aliphatic rings. The van der Waals surface area contributed by atoms with Gasteiger partial charge in [0.1, 0.15) is 6.61 Å². The Balaban J connectivity index is 2.14. The Hall–Kier alpha value is -2.00. The molecule has 2 aromatic rings. The summed E-state index contributed by atoms with van der Waals surface area (Å²) in [5, 5.41) is 0. The molecule has 0 saturated heterocycles. The lowest BCUT2D eigenvalue weighted by molar-refractivity contribution is 0.281. The largest absolute Gasteiger partial charge is 0.493 e. The minimum atomic E-state index is 0.179. The molecule has 1 atom stereocenters. The van der Waals surface area contributed by atoms with Crippen molar-refractivity contribution in [2.45, 2.75) is 32.4 Å². The van der Waals surface area contributed by atoms with Crippen LogP contribution in [-0.4, -0.2) is 13.2 Å². The quantitative estimate of drug-likeness (QED) is 0.846. The molecule has 0 aromatic heterocycles. The molecule has 21 heavy (non-hydrogen) atoms. The van der Waals surface area contributed by atoms with Crippen LogP contribution in [0.2, 0.25) is 0 Å². The highest BCUT2D eigenvalue weighted by atomic mass is 16.5. The van der Waals surface area contributed by atoms with Crippen LogP contribution in [-0.2, 0) is 13.0 Å². The van der Waals surface area contributed by atoms with Crippen LogP contribution < -0.4 is 15.2 Å². The Bertz CT molecular complexity index is 552. The maximum Gasteiger partial charge on any atom is 0.164 e. The van der Waals surface area contributed by atoms with Crippen molar-refractivity contribution >= 4 is 0 Å². The van der Waals surface area contributed by atoms with Gasteiger partial charge in [0.25, 0.3) is 0 Å². The Labute approximate surface area is 126 Å². The molecule has 0 aliphatic heterocycles. The molecular weight excluding hydrogens is 262 g/mol. The number of rotatable bonds is 7. The van der Waals surface area contributed by atoms with Crippen LogP contribution in [0.15, 0.2) is 48.5 Å². The molecule has 0 heterocycles. The van der Waals surface area contributed by atoms with Crippen molar-refractivity contribution in [3.05, 3.63) is 59.7 Å². The molecule has 112 valence electrons. The summed E-state index contributed by atoms with van der Waals surface area (Å²) in [7, 11) is 1.67. The first-order chi connectivity index (χ1) is 10.2. The highest BCUT2D eigenvalue weighted by Gasteiger charge is 2.11. The van der Waals surface area contributed by atoms with E-state index in [0.717, 1.165) is 35.5 Å². The van der Waals surface area contributed by atoms with Crippen molar-refractivity contribution in [1.29, 1.82) is 0 Å². The molecule has 3 nitrogen and oxygen atoms in total. The average Bonchev–Trinajstić information content (AvgIpc) is 2.52. The number of ether oxygens (including phenoxy) is 2. The highest BCUT2D eigenvalue weighted by Crippen LogP contribution is 2.32. The lowest BCUT2D eigenvalue weighted by atomic mass is 10.0. The van der Waals surface area contributed by atoms with Crippen LogP contribution in [0.25, 0.3) is 0 Å². The summed E-state index contributed by atoms with van der Waals surface area (Å²) in [6.07, 6.45) is 1.81. The molecule has 0 saturated carbocycles. The van der Waals surface area contributed by atoms with Crippen molar-refractivity contribution < 1.29 is 9.47 Å². The summed E-state index contributed by atoms with van der Waals surface area (Å²) in [5.41, 5.74) is 8.14. The smallest absolute Gasteiger partial charge is 0.164 e. The summed E-state index contributed by atoms with van der Waals surface area (Å²) in [6.45, 7) is 2.55. The van der Waals surface area contributed by atoms with Crippen molar-refractivity contribution in [2.75, 3.05) is 7.11 Å². The monoisotopic (exact) mass is 285 g/mol. The lowest BCUT2D eigenvalue weighted by Crippen LogP contribution is -2.15. The molecule has 0 spiro atoms. The van der Waals surface area contributed by atoms with Gasteiger partial charge in [0.05, 0.1) is 7.11 Å². The number of para-hydroxylation sites is 1. The van der Waals surface area contributed by atoms with Crippen molar-refractivity contribution in [1.82, 2.24) is 0 Å². The number of hydrogen-bond donors (Lipinski definition) is 1. The highest BCUT2D eigenvalue weighted by molar-refractivity contribution is 5.46. The van der Waals surface area contributed by atoms with Crippen LogP contribution in [0.5, 0.6) is 11.5 Å². The SMILES string of the molecule is COc1cccc(CCC(C)N)c1OCc1ccccc1. The molecule has 0 amide bonds. The van der Waals surface area contributed by atoms with E-state index in [0.29, 0.717) is 6.61 Å². The second-order valence-corrected chi connectivity index (χ2v) is 5.24. The molecule has 0 radical (unpaired) electrons. The topological polar surface area (TPSA) is 44.5 Å². The first-order valence-electron chi connectivity index (χ1n) is 7.29. The van der Waals surface area contributed by atoms with Gasteiger partial charge in [0.2, 0.25) is 0 Å². The van der Waals surface area contributed by atoms with E-state index in [-0.39, 0.29) is 6.04 Å². The maximum atomic E-state index is 6.01. The first kappa shape index (κ1) is 15.4. The van der Waals surface area contributed by atoms with E-state index in [2.05, 4.69) is 18.2 Å². The number of hydrogen-bond acceptors (Lipinski definition) is 3. The van der Waals surface area contributed by atoms with Gasteiger partial charge in [-0.1, -0.05) is 42.5 Å². The normalized spacial score (nSPS) is 12.0. The van der Waals surface area contributed by atoms with Crippen LogP contribution in [0, 0.1) is 0 Å². The van der Waals surface area contributed by atoms with E-state index in [1.807, 2.05) is 37.3 Å². The molecule has 2 N–H and O–H groups in total. The molecule has 2 rings (SSSR count). The van der Waals surface area contributed by atoms with E-state index < -0.39 is 0 Å². The molecule has 3 heteroatoms. The van der Waals surface area contributed by atoms with E-state index in [4.69, 9.17) is 15.2 Å². The molecular formula is C18H23NO2. The van der Waals surface area contributed by atoms with Gasteiger partial charge in [-0.3, -0.25) is 0 Å². The Morgan fingerprint density at radius 2 is 1.81 bits per heavy atom. The van der Waals surface area contributed by atoms with E-state index in [9.17, 15) is 0 Å². The zero-order valence-corrected chi connectivity index (χ0v) is 12.7. The number of nitrogens with two attached hydrogens (primary N) is 1. The second kappa shape index (κ2) is 7.70. The average molecular weight is 285 g/mol. The predicted molar refractivity (Wildman–Crippen MR) is 85.7 cm³/mol. The minimum Gasteiger partial charge on any atom is -0.493 e. The summed E-state index contributed by atoms with van der Waals surface area (Å²) in [4.78, 5) is 0. The third-order valence-corrected chi connectivity index (χ3v) is 3.38. The zero-order chi connectivity index (χ0) is 15.1. The van der Waals surface area contributed by atoms with Gasteiger partial charge >= 0.3 is 0 Å². The van der Waals surface area contributed by atoms with Gasteiger partial charge in [-0.25, -0.2) is 0 Å². The number of aryl methyl sites for hydroxylation is 1. The standard InChI is InChI=1S/C18H23NO2/c1-14(19)11-12-16-9-6-10-17(20-2)18(16)21-13-15-7-4-3-5-8-15/h3-10,14H,11-13,19H2,1-2H3. The molecule has 2 aromatic carbocycles. The Kier molecular flexibility index (Phi) is 5.64. The van der Waals surface area contributed by atoms with E-state index in [1.54, 1.807) is 7.11 Å². The second-order valence-electron chi connectivity index (χ2n) is 5.24. The summed E-state index contributed by atoms with van der Waals surface area (Å²) in [6, 6.07) is 16.3. The first-order valence-corrected chi connectivity index (χ1v) is 7.29. The van der Waals surface area contributed by atoms with Crippen LogP contribution in [0.4, 0.5) is 0 Å². The van der Waals surface area contributed by atoms with Gasteiger partial charge in [-0.05, 0) is 37.0 Å². The van der Waals surface area contributed by atoms with Gasteiger partial charge in [0, 0.05) is 6.04 Å². The molecule has 0 aliphatic carbocycles. The molecule has 0 bridgehead atoms. The summed E-state index contributed by atoms with van der Waals surface area (Å²) >= 11 is 0. The fourth-order valence-electron chi connectivity index (χ4n) is 2.20. The lowest BCUT2D eigenvalue weighted by Gasteiger charge is -2.16. The predicted octanol–water partition coefficient (Wildman–Crippen LogP) is 3.55. The van der Waals surface area contributed by atoms with Gasteiger partial charge in [0.15, 0.2) is 11.5 Å². The fraction of sp³-hybridized carbons (Fsp3) is 0.333. The van der Waals surface area contributed by atoms with Gasteiger partial charge < -0.3 is 15.2 Å². The Morgan fingerprint density at radius 1 is 1.05 bits per heavy atom. The third-order valence-electron chi connectivity index (χ3n) is 3.38. The maximum absolute atomic E-state index is 6.01. The van der Waals surface area contributed by atoms with Gasteiger partial charge in [-0.2, -0.15) is 0 Å². The van der Waals surface area contributed by atoms with Crippen molar-refractivity contribution in [2.24, 2.45) is 5.73 Å². The van der Waals surface area contributed by atoms with Gasteiger partial charge in [-0.15, -0.1) is 0 Å².